The van der Waals surface area contributed by atoms with Gasteiger partial charge in [-0.25, -0.2) is 4.63 Å². The van der Waals surface area contributed by atoms with Crippen LogP contribution in [-0.4, -0.2) is 39.8 Å². The van der Waals surface area contributed by atoms with Gasteiger partial charge >= 0.3 is 5.69 Å². The highest BCUT2D eigenvalue weighted by Crippen LogP contribution is 2.32. The molecule has 0 saturated carbocycles. The highest BCUT2D eigenvalue weighted by atomic mass is 32.2. The van der Waals surface area contributed by atoms with Gasteiger partial charge in [-0.15, -0.1) is 0 Å². The van der Waals surface area contributed by atoms with E-state index >= 15 is 0 Å². The average Bonchev–Trinajstić information content (AvgIpc) is 2.87. The minimum atomic E-state index is -0.470. The van der Waals surface area contributed by atoms with Crippen molar-refractivity contribution in [1.82, 2.24) is 10.3 Å². The van der Waals surface area contributed by atoms with E-state index in [1.54, 1.807) is 6.07 Å². The number of nitro benzene ring substituents is 1. The summed E-state index contributed by atoms with van der Waals surface area (Å²) < 4.78 is 4.65. The number of nitro groups is 1. The molecule has 0 radical (unpaired) electrons. The summed E-state index contributed by atoms with van der Waals surface area (Å²) in [5.74, 6) is 2.09. The summed E-state index contributed by atoms with van der Waals surface area (Å²) in [7, 11) is 0. The van der Waals surface area contributed by atoms with E-state index in [9.17, 15) is 10.1 Å². The Morgan fingerprint density at radius 3 is 2.72 bits per heavy atom. The van der Waals surface area contributed by atoms with Gasteiger partial charge in [0.05, 0.1) is 10.6 Å². The van der Waals surface area contributed by atoms with E-state index in [0.29, 0.717) is 5.52 Å². The first kappa shape index (κ1) is 11.3. The van der Waals surface area contributed by atoms with Crippen LogP contribution in [0.5, 0.6) is 0 Å². The Morgan fingerprint density at radius 1 is 1.28 bits per heavy atom. The van der Waals surface area contributed by atoms with Crippen molar-refractivity contribution in [3.8, 4) is 0 Å². The van der Waals surface area contributed by atoms with Crippen molar-refractivity contribution in [3.05, 3.63) is 22.2 Å². The fourth-order valence-electron chi connectivity index (χ4n) is 2.05. The number of anilines is 1. The Morgan fingerprint density at radius 2 is 2.00 bits per heavy atom. The Labute approximate surface area is 106 Å². The van der Waals surface area contributed by atoms with Crippen LogP contribution in [0.3, 0.4) is 0 Å². The van der Waals surface area contributed by atoms with Crippen molar-refractivity contribution in [3.63, 3.8) is 0 Å². The van der Waals surface area contributed by atoms with Gasteiger partial charge in [0.15, 0.2) is 5.52 Å². The van der Waals surface area contributed by atoms with Crippen LogP contribution in [-0.2, 0) is 0 Å². The molecule has 0 bridgehead atoms. The molecule has 1 saturated heterocycles. The lowest BCUT2D eigenvalue weighted by Gasteiger charge is -2.28. The summed E-state index contributed by atoms with van der Waals surface area (Å²) in [6.45, 7) is 1.81. The number of nitrogens with zero attached hydrogens (tertiary/aromatic N) is 4. The molecule has 0 aliphatic carbocycles. The molecule has 1 fully saturated rings. The molecule has 2 aromatic rings. The maximum absolute atomic E-state index is 10.9. The van der Waals surface area contributed by atoms with Gasteiger partial charge in [0.1, 0.15) is 0 Å². The predicted molar refractivity (Wildman–Crippen MR) is 68.0 cm³/mol. The van der Waals surface area contributed by atoms with Crippen LogP contribution < -0.4 is 4.90 Å². The Balaban J connectivity index is 2.10. The third-order valence-corrected chi connectivity index (χ3v) is 3.86. The zero-order chi connectivity index (χ0) is 12.5. The van der Waals surface area contributed by atoms with Crippen LogP contribution in [0.2, 0.25) is 0 Å². The summed E-state index contributed by atoms with van der Waals surface area (Å²) in [6.07, 6.45) is 0. The Hall–Kier alpha value is -1.83. The SMILES string of the molecule is O=[N+]([O-])c1ccc(N2CCSCC2)c2nonc12. The number of benzene rings is 1. The molecular weight excluding hydrogens is 256 g/mol. The van der Waals surface area contributed by atoms with Gasteiger partial charge in [0.25, 0.3) is 0 Å². The first-order chi connectivity index (χ1) is 8.77. The van der Waals surface area contributed by atoms with Crippen LogP contribution >= 0.6 is 11.8 Å². The molecular formula is C10H10N4O3S. The van der Waals surface area contributed by atoms with Crippen molar-refractivity contribution in [2.45, 2.75) is 0 Å². The molecule has 18 heavy (non-hydrogen) atoms. The largest absolute Gasteiger partial charge is 0.368 e. The van der Waals surface area contributed by atoms with E-state index in [4.69, 9.17) is 0 Å². The lowest BCUT2D eigenvalue weighted by atomic mass is 10.2. The van der Waals surface area contributed by atoms with Crippen molar-refractivity contribution < 1.29 is 9.55 Å². The topological polar surface area (TPSA) is 85.3 Å². The number of aromatic nitrogens is 2. The van der Waals surface area contributed by atoms with Gasteiger partial charge in [0.2, 0.25) is 5.52 Å². The first-order valence-electron chi connectivity index (χ1n) is 5.50. The molecule has 0 N–H and O–H groups in total. The van der Waals surface area contributed by atoms with Crippen molar-refractivity contribution >= 4 is 34.2 Å². The van der Waals surface area contributed by atoms with Gasteiger partial charge in [-0.3, -0.25) is 10.1 Å². The van der Waals surface area contributed by atoms with Crippen LogP contribution in [0.4, 0.5) is 11.4 Å². The van der Waals surface area contributed by atoms with E-state index in [0.717, 1.165) is 30.3 Å². The number of non-ortho nitro benzene ring substituents is 1. The number of hydrogen-bond acceptors (Lipinski definition) is 7. The molecule has 7 nitrogen and oxygen atoms in total. The monoisotopic (exact) mass is 266 g/mol. The highest BCUT2D eigenvalue weighted by Gasteiger charge is 2.23. The first-order valence-corrected chi connectivity index (χ1v) is 6.65. The molecule has 1 aliphatic heterocycles. The highest BCUT2D eigenvalue weighted by molar-refractivity contribution is 7.99. The summed E-state index contributed by atoms with van der Waals surface area (Å²) in [5.41, 5.74) is 1.48. The van der Waals surface area contributed by atoms with Gasteiger partial charge in [-0.05, 0) is 16.4 Å². The summed E-state index contributed by atoms with van der Waals surface area (Å²) in [4.78, 5) is 12.6. The summed E-state index contributed by atoms with van der Waals surface area (Å²) in [5, 5.41) is 18.3. The normalized spacial score (nSPS) is 16.1. The van der Waals surface area contributed by atoms with E-state index in [-0.39, 0.29) is 11.2 Å². The molecule has 3 rings (SSSR count). The van der Waals surface area contributed by atoms with Crippen LogP contribution in [0.25, 0.3) is 11.0 Å². The quantitative estimate of drug-likeness (QED) is 0.603. The number of fused-ring (bicyclic) bond motifs is 1. The fraction of sp³-hybridized carbons (Fsp3) is 0.400. The fourth-order valence-corrected chi connectivity index (χ4v) is 2.95. The maximum atomic E-state index is 10.9. The Bertz CT molecular complexity index is 594. The number of rotatable bonds is 2. The van der Waals surface area contributed by atoms with E-state index < -0.39 is 4.92 Å². The maximum Gasteiger partial charge on any atom is 0.300 e. The summed E-state index contributed by atoms with van der Waals surface area (Å²) in [6, 6.07) is 3.18. The molecule has 1 aromatic carbocycles. The minimum Gasteiger partial charge on any atom is -0.368 e. The molecule has 0 unspecified atom stereocenters. The van der Waals surface area contributed by atoms with Crippen molar-refractivity contribution in [2.75, 3.05) is 29.5 Å². The molecule has 0 amide bonds. The van der Waals surface area contributed by atoms with Crippen LogP contribution in [0.1, 0.15) is 0 Å². The zero-order valence-corrected chi connectivity index (χ0v) is 10.2. The second-order valence-corrected chi connectivity index (χ2v) is 5.15. The van der Waals surface area contributed by atoms with Gasteiger partial charge in [0, 0.05) is 30.7 Å². The lowest BCUT2D eigenvalue weighted by molar-refractivity contribution is -0.383. The lowest BCUT2D eigenvalue weighted by Crippen LogP contribution is -2.32. The van der Waals surface area contributed by atoms with Gasteiger partial charge < -0.3 is 4.90 Å². The minimum absolute atomic E-state index is 0.0682. The van der Waals surface area contributed by atoms with Crippen LogP contribution in [0.15, 0.2) is 16.8 Å². The second-order valence-electron chi connectivity index (χ2n) is 3.92. The van der Waals surface area contributed by atoms with Crippen molar-refractivity contribution in [1.29, 1.82) is 0 Å². The second kappa shape index (κ2) is 4.45. The third-order valence-electron chi connectivity index (χ3n) is 2.92. The molecule has 8 heteroatoms. The average molecular weight is 266 g/mol. The van der Waals surface area contributed by atoms with Crippen molar-refractivity contribution in [2.24, 2.45) is 0 Å². The molecule has 1 aliphatic rings. The summed E-state index contributed by atoms with van der Waals surface area (Å²) >= 11 is 1.90. The molecule has 2 heterocycles. The molecule has 94 valence electrons. The van der Waals surface area contributed by atoms with E-state index in [1.807, 2.05) is 11.8 Å². The third kappa shape index (κ3) is 1.78. The number of thioether (sulfide) groups is 1. The van der Waals surface area contributed by atoms with E-state index in [2.05, 4.69) is 19.8 Å². The van der Waals surface area contributed by atoms with E-state index in [1.165, 1.54) is 6.07 Å². The molecule has 0 atom stereocenters. The number of hydrogen-bond donors (Lipinski definition) is 0. The zero-order valence-electron chi connectivity index (χ0n) is 9.40. The van der Waals surface area contributed by atoms with Gasteiger partial charge in [-0.2, -0.15) is 11.8 Å². The Kier molecular flexibility index (Phi) is 2.78. The standard InChI is InChI=1S/C10H10N4O3S/c15-14(16)8-2-1-7(9-10(8)12-17-11-9)13-3-5-18-6-4-13/h1-2H,3-6H2. The molecule has 1 aromatic heterocycles. The predicted octanol–water partition coefficient (Wildman–Crippen LogP) is 1.68. The smallest absolute Gasteiger partial charge is 0.300 e. The van der Waals surface area contributed by atoms with Crippen LogP contribution in [0, 0.1) is 10.1 Å². The van der Waals surface area contributed by atoms with Gasteiger partial charge in [-0.1, -0.05) is 0 Å². The molecule has 0 spiro atoms.